The monoisotopic (exact) mass is 411 g/mol. The fourth-order valence-corrected chi connectivity index (χ4v) is 2.95. The average molecular weight is 411 g/mol. The van der Waals surface area contributed by atoms with Gasteiger partial charge in [0.1, 0.15) is 6.61 Å². The summed E-state index contributed by atoms with van der Waals surface area (Å²) in [6.45, 7) is 2.56. The van der Waals surface area contributed by atoms with Gasteiger partial charge in [0.25, 0.3) is 0 Å². The van der Waals surface area contributed by atoms with Crippen LogP contribution < -0.4 is 5.73 Å². The van der Waals surface area contributed by atoms with Gasteiger partial charge in [-0.1, -0.05) is 45.4 Å². The van der Waals surface area contributed by atoms with Crippen LogP contribution in [-0.2, 0) is 32.7 Å². The van der Waals surface area contributed by atoms with Crippen LogP contribution in [0.1, 0.15) is 65.2 Å². The van der Waals surface area contributed by atoms with Crippen molar-refractivity contribution in [3.05, 3.63) is 0 Å². The van der Waals surface area contributed by atoms with E-state index in [9.17, 15) is 19.0 Å². The van der Waals surface area contributed by atoms with Crippen LogP contribution >= 0.6 is 7.82 Å². The van der Waals surface area contributed by atoms with Gasteiger partial charge < -0.3 is 20.1 Å². The normalized spacial score (nSPS) is 14.4. The molecule has 0 saturated carbocycles. The highest BCUT2D eigenvalue weighted by Crippen LogP contribution is 2.43. The smallest absolute Gasteiger partial charge is 0.462 e. The second-order valence-corrected chi connectivity index (χ2v) is 7.63. The summed E-state index contributed by atoms with van der Waals surface area (Å²) < 4.78 is 31.0. The van der Waals surface area contributed by atoms with Crippen molar-refractivity contribution in [1.82, 2.24) is 0 Å². The zero-order valence-electron chi connectivity index (χ0n) is 16.4. The predicted octanol–water partition coefficient (Wildman–Crippen LogP) is 2.69. The summed E-state index contributed by atoms with van der Waals surface area (Å²) in [7, 11) is -4.31. The first-order valence-corrected chi connectivity index (χ1v) is 10.9. The first-order valence-electron chi connectivity index (χ1n) is 9.45. The fraction of sp³-hybridized carbons (Fsp3) is 0.882. The topological polar surface area (TPSA) is 134 Å². The standard InChI is InChI=1S/C17H34NO8P/c1-3-4-5-6-7-8-9-10-17(20)26-16(13-23-15(2)19)14-25-27(21,22)24-12-11-18/h16H,3-14,18H2,1-2H3,(H,21,22). The van der Waals surface area contributed by atoms with E-state index in [0.29, 0.717) is 6.42 Å². The molecule has 0 fully saturated rings. The molecular formula is C17H34NO8P. The summed E-state index contributed by atoms with van der Waals surface area (Å²) in [4.78, 5) is 32.4. The molecule has 0 spiro atoms. The number of esters is 2. The summed E-state index contributed by atoms with van der Waals surface area (Å²) in [5.41, 5.74) is 5.19. The number of phosphoric ester groups is 1. The molecule has 0 rings (SSSR count). The zero-order valence-corrected chi connectivity index (χ0v) is 17.3. The van der Waals surface area contributed by atoms with E-state index in [1.54, 1.807) is 0 Å². The van der Waals surface area contributed by atoms with Gasteiger partial charge in [-0.15, -0.1) is 0 Å². The molecule has 0 aliphatic carbocycles. The van der Waals surface area contributed by atoms with Crippen LogP contribution in [0, 0.1) is 0 Å². The van der Waals surface area contributed by atoms with Crippen molar-refractivity contribution in [2.45, 2.75) is 71.3 Å². The molecule has 0 aromatic rings. The quantitative estimate of drug-likeness (QED) is 0.210. The Kier molecular flexibility index (Phi) is 15.4. The van der Waals surface area contributed by atoms with Crippen LogP contribution in [0.25, 0.3) is 0 Å². The highest BCUT2D eigenvalue weighted by molar-refractivity contribution is 7.47. The van der Waals surface area contributed by atoms with E-state index in [-0.39, 0.29) is 26.2 Å². The molecule has 0 saturated heterocycles. The summed E-state index contributed by atoms with van der Waals surface area (Å²) >= 11 is 0. The van der Waals surface area contributed by atoms with Gasteiger partial charge in [-0.3, -0.25) is 18.6 Å². The van der Waals surface area contributed by atoms with Crippen LogP contribution in [0.3, 0.4) is 0 Å². The van der Waals surface area contributed by atoms with Gasteiger partial charge in [0.2, 0.25) is 0 Å². The number of ether oxygens (including phenoxy) is 2. The Balaban J connectivity index is 4.24. The number of hydrogen-bond acceptors (Lipinski definition) is 8. The number of phosphoric acid groups is 1. The van der Waals surface area contributed by atoms with Gasteiger partial charge in [0, 0.05) is 19.9 Å². The number of hydrogen-bond donors (Lipinski definition) is 2. The Bertz CT molecular complexity index is 460. The third-order valence-corrected chi connectivity index (χ3v) is 4.54. The lowest BCUT2D eigenvalue weighted by Gasteiger charge is -2.19. The Morgan fingerprint density at radius 3 is 2.26 bits per heavy atom. The second kappa shape index (κ2) is 16.0. The van der Waals surface area contributed by atoms with Crippen molar-refractivity contribution < 1.29 is 37.6 Å². The number of carbonyl (C=O) groups excluding carboxylic acids is 2. The second-order valence-electron chi connectivity index (χ2n) is 6.17. The van der Waals surface area contributed by atoms with Crippen molar-refractivity contribution in [3.8, 4) is 0 Å². The molecule has 0 aromatic heterocycles. The lowest BCUT2D eigenvalue weighted by molar-refractivity contribution is -0.160. The van der Waals surface area contributed by atoms with Crippen molar-refractivity contribution >= 4 is 19.8 Å². The lowest BCUT2D eigenvalue weighted by Crippen LogP contribution is -2.29. The van der Waals surface area contributed by atoms with Crippen molar-refractivity contribution in [2.75, 3.05) is 26.4 Å². The van der Waals surface area contributed by atoms with E-state index in [4.69, 9.17) is 19.7 Å². The van der Waals surface area contributed by atoms with E-state index < -0.39 is 32.5 Å². The van der Waals surface area contributed by atoms with Gasteiger partial charge in [-0.05, 0) is 6.42 Å². The Morgan fingerprint density at radius 1 is 1.04 bits per heavy atom. The average Bonchev–Trinajstić information content (AvgIpc) is 2.61. The molecule has 3 N–H and O–H groups in total. The minimum Gasteiger partial charge on any atom is -0.462 e. The fourth-order valence-electron chi connectivity index (χ4n) is 2.18. The van der Waals surface area contributed by atoms with Crippen LogP contribution in [0.5, 0.6) is 0 Å². The maximum atomic E-state index is 11.9. The number of unbranched alkanes of at least 4 members (excludes halogenated alkanes) is 6. The molecule has 10 heteroatoms. The molecular weight excluding hydrogens is 377 g/mol. The van der Waals surface area contributed by atoms with Crippen molar-refractivity contribution in [1.29, 1.82) is 0 Å². The first-order chi connectivity index (χ1) is 12.8. The molecule has 2 unspecified atom stereocenters. The van der Waals surface area contributed by atoms with E-state index in [1.165, 1.54) is 26.2 Å². The van der Waals surface area contributed by atoms with Crippen molar-refractivity contribution in [3.63, 3.8) is 0 Å². The van der Waals surface area contributed by atoms with Gasteiger partial charge >= 0.3 is 19.8 Å². The maximum Gasteiger partial charge on any atom is 0.472 e. The highest BCUT2D eigenvalue weighted by Gasteiger charge is 2.25. The Hall–Kier alpha value is -0.990. The predicted molar refractivity (Wildman–Crippen MR) is 99.9 cm³/mol. The number of carbonyl (C=O) groups is 2. The van der Waals surface area contributed by atoms with Gasteiger partial charge in [-0.2, -0.15) is 0 Å². The first kappa shape index (κ1) is 26.0. The van der Waals surface area contributed by atoms with E-state index >= 15 is 0 Å². The van der Waals surface area contributed by atoms with Crippen LogP contribution in [0.15, 0.2) is 0 Å². The minimum atomic E-state index is -4.31. The molecule has 9 nitrogen and oxygen atoms in total. The molecule has 0 radical (unpaired) electrons. The molecule has 0 heterocycles. The van der Waals surface area contributed by atoms with E-state index in [1.807, 2.05) is 0 Å². The van der Waals surface area contributed by atoms with Gasteiger partial charge in [-0.25, -0.2) is 4.57 Å². The molecule has 2 atom stereocenters. The highest BCUT2D eigenvalue weighted by atomic mass is 31.2. The van der Waals surface area contributed by atoms with Crippen LogP contribution in [-0.4, -0.2) is 49.3 Å². The summed E-state index contributed by atoms with van der Waals surface area (Å²) in [5.74, 6) is -1.03. The number of rotatable bonds is 17. The maximum absolute atomic E-state index is 11.9. The molecule has 160 valence electrons. The molecule has 0 aromatic carbocycles. The van der Waals surface area contributed by atoms with E-state index in [0.717, 1.165) is 19.3 Å². The van der Waals surface area contributed by atoms with Crippen LogP contribution in [0.2, 0.25) is 0 Å². The largest absolute Gasteiger partial charge is 0.472 e. The molecule has 27 heavy (non-hydrogen) atoms. The van der Waals surface area contributed by atoms with Gasteiger partial charge in [0.05, 0.1) is 13.2 Å². The summed E-state index contributed by atoms with van der Waals surface area (Å²) in [5, 5.41) is 0. The number of nitrogens with two attached hydrogens (primary N) is 1. The molecule has 0 bridgehead atoms. The summed E-state index contributed by atoms with van der Waals surface area (Å²) in [6.07, 6.45) is 6.71. The Morgan fingerprint density at radius 2 is 1.67 bits per heavy atom. The molecule has 0 amide bonds. The minimum absolute atomic E-state index is 0.0538. The van der Waals surface area contributed by atoms with E-state index in [2.05, 4.69) is 11.4 Å². The third-order valence-electron chi connectivity index (χ3n) is 3.55. The summed E-state index contributed by atoms with van der Waals surface area (Å²) in [6, 6.07) is 0. The SMILES string of the molecule is CCCCCCCCCC(=O)OC(COC(C)=O)COP(=O)(O)OCCN. The third kappa shape index (κ3) is 16.9. The van der Waals surface area contributed by atoms with Gasteiger partial charge in [0.15, 0.2) is 6.10 Å². The molecule has 0 aliphatic heterocycles. The van der Waals surface area contributed by atoms with Crippen molar-refractivity contribution in [2.24, 2.45) is 5.73 Å². The lowest BCUT2D eigenvalue weighted by atomic mass is 10.1. The zero-order chi connectivity index (χ0) is 20.5. The Labute approximate surface area is 161 Å². The molecule has 0 aliphatic rings. The van der Waals surface area contributed by atoms with Crippen LogP contribution in [0.4, 0.5) is 0 Å².